The van der Waals surface area contributed by atoms with Gasteiger partial charge in [0, 0.05) is 11.6 Å². The molecule has 0 amide bonds. The van der Waals surface area contributed by atoms with E-state index in [0.29, 0.717) is 5.56 Å². The molecule has 0 radical (unpaired) electrons. The highest BCUT2D eigenvalue weighted by atomic mass is 35.5. The summed E-state index contributed by atoms with van der Waals surface area (Å²) in [5, 5.41) is 9.04. The molecule has 0 saturated carbocycles. The average molecular weight is 161 g/mol. The molecule has 1 rings (SSSR count). The molecule has 10 heavy (non-hydrogen) atoms. The summed E-state index contributed by atoms with van der Waals surface area (Å²) in [7, 11) is 0. The number of benzene rings is 1. The standard InChI is InChI=1S/C7H6ClFO/c1-4-6(8)2-5(10)3-7(4)9/h2-3,10H,1H3. The molecule has 0 aliphatic rings. The van der Waals surface area contributed by atoms with Crippen molar-refractivity contribution in [2.75, 3.05) is 0 Å². The van der Waals surface area contributed by atoms with Crippen LogP contribution in [0.2, 0.25) is 5.02 Å². The van der Waals surface area contributed by atoms with Gasteiger partial charge in [-0.05, 0) is 13.0 Å². The van der Waals surface area contributed by atoms with Gasteiger partial charge in [-0.1, -0.05) is 11.6 Å². The molecule has 0 spiro atoms. The van der Waals surface area contributed by atoms with Crippen molar-refractivity contribution in [3.05, 3.63) is 28.5 Å². The van der Waals surface area contributed by atoms with E-state index in [1.54, 1.807) is 6.92 Å². The molecular formula is C7H6ClFO. The Morgan fingerprint density at radius 1 is 1.50 bits per heavy atom. The summed E-state index contributed by atoms with van der Waals surface area (Å²) in [5.41, 5.74) is 0.361. The smallest absolute Gasteiger partial charge is 0.131 e. The molecule has 0 aliphatic carbocycles. The van der Waals surface area contributed by atoms with Crippen LogP contribution < -0.4 is 0 Å². The van der Waals surface area contributed by atoms with E-state index >= 15 is 0 Å². The van der Waals surface area contributed by atoms with Gasteiger partial charge in [-0.2, -0.15) is 0 Å². The second-order valence-corrected chi connectivity index (χ2v) is 2.44. The Labute approximate surface area is 63.1 Å². The first-order valence-electron chi connectivity index (χ1n) is 2.76. The maximum absolute atomic E-state index is 12.6. The topological polar surface area (TPSA) is 20.2 Å². The Morgan fingerprint density at radius 2 is 2.10 bits per heavy atom. The summed E-state index contributed by atoms with van der Waals surface area (Å²) in [5.74, 6) is -0.627. The predicted molar refractivity (Wildman–Crippen MR) is 37.8 cm³/mol. The predicted octanol–water partition coefficient (Wildman–Crippen LogP) is 2.49. The molecule has 1 nitrogen and oxygen atoms in total. The number of rotatable bonds is 0. The third-order valence-electron chi connectivity index (χ3n) is 1.27. The maximum Gasteiger partial charge on any atom is 0.131 e. The largest absolute Gasteiger partial charge is 0.508 e. The first-order chi connectivity index (χ1) is 4.61. The molecule has 0 bridgehead atoms. The molecule has 1 N–H and O–H groups in total. The second kappa shape index (κ2) is 2.46. The average Bonchev–Trinajstić information content (AvgIpc) is 1.82. The van der Waals surface area contributed by atoms with E-state index < -0.39 is 5.82 Å². The zero-order valence-corrected chi connectivity index (χ0v) is 6.11. The van der Waals surface area contributed by atoms with Gasteiger partial charge in [-0.15, -0.1) is 0 Å². The minimum absolute atomic E-state index is 0.145. The fraction of sp³-hybridized carbons (Fsp3) is 0.143. The van der Waals surface area contributed by atoms with Crippen LogP contribution >= 0.6 is 11.6 Å². The van der Waals surface area contributed by atoms with E-state index in [4.69, 9.17) is 16.7 Å². The molecule has 54 valence electrons. The Hall–Kier alpha value is -0.760. The van der Waals surface area contributed by atoms with Crippen molar-refractivity contribution in [2.45, 2.75) is 6.92 Å². The summed E-state index contributed by atoms with van der Waals surface area (Å²) in [6, 6.07) is 2.33. The Balaban J connectivity index is 3.31. The SMILES string of the molecule is Cc1c(F)cc(O)cc1Cl. The molecule has 0 unspecified atom stereocenters. The van der Waals surface area contributed by atoms with Gasteiger partial charge in [-0.3, -0.25) is 0 Å². The number of hydrogen-bond acceptors (Lipinski definition) is 1. The highest BCUT2D eigenvalue weighted by Gasteiger charge is 2.02. The van der Waals surface area contributed by atoms with Crippen molar-refractivity contribution < 1.29 is 9.50 Å². The van der Waals surface area contributed by atoms with E-state index in [1.807, 2.05) is 0 Å². The van der Waals surface area contributed by atoms with E-state index in [1.165, 1.54) is 6.07 Å². The summed E-state index contributed by atoms with van der Waals surface area (Å²) in [6.07, 6.45) is 0. The van der Waals surface area contributed by atoms with Gasteiger partial charge < -0.3 is 5.11 Å². The van der Waals surface area contributed by atoms with Crippen LogP contribution in [0, 0.1) is 12.7 Å². The summed E-state index contributed by atoms with van der Waals surface area (Å²) < 4.78 is 12.6. The molecule has 0 atom stereocenters. The molecule has 0 aliphatic heterocycles. The van der Waals surface area contributed by atoms with Gasteiger partial charge in [0.25, 0.3) is 0 Å². The van der Waals surface area contributed by atoms with Crippen molar-refractivity contribution in [1.82, 2.24) is 0 Å². The van der Waals surface area contributed by atoms with Crippen molar-refractivity contribution in [3.8, 4) is 5.75 Å². The molecule has 0 fully saturated rings. The van der Waals surface area contributed by atoms with Gasteiger partial charge in [0.1, 0.15) is 11.6 Å². The lowest BCUT2D eigenvalue weighted by atomic mass is 10.2. The summed E-state index contributed by atoms with van der Waals surface area (Å²) >= 11 is 5.52. The van der Waals surface area contributed by atoms with E-state index in [0.717, 1.165) is 6.07 Å². The fourth-order valence-corrected chi connectivity index (χ4v) is 0.834. The van der Waals surface area contributed by atoms with Crippen LogP contribution in [-0.2, 0) is 0 Å². The summed E-state index contributed by atoms with van der Waals surface area (Å²) in [6.45, 7) is 1.55. The van der Waals surface area contributed by atoms with Crippen LogP contribution in [0.1, 0.15) is 5.56 Å². The minimum Gasteiger partial charge on any atom is -0.508 e. The van der Waals surface area contributed by atoms with Crippen LogP contribution in [0.25, 0.3) is 0 Å². The molecule has 1 aromatic rings. The molecular weight excluding hydrogens is 155 g/mol. The zero-order valence-electron chi connectivity index (χ0n) is 5.36. The van der Waals surface area contributed by atoms with Crippen LogP contribution in [0.4, 0.5) is 4.39 Å². The zero-order chi connectivity index (χ0) is 7.72. The first kappa shape index (κ1) is 7.35. The van der Waals surface area contributed by atoms with Gasteiger partial charge in [0.05, 0.1) is 5.02 Å². The van der Waals surface area contributed by atoms with Crippen molar-refractivity contribution >= 4 is 11.6 Å². The van der Waals surface area contributed by atoms with E-state index in [2.05, 4.69) is 0 Å². The van der Waals surface area contributed by atoms with E-state index in [-0.39, 0.29) is 10.8 Å². The Morgan fingerprint density at radius 3 is 2.60 bits per heavy atom. The van der Waals surface area contributed by atoms with E-state index in [9.17, 15) is 4.39 Å². The lowest BCUT2D eigenvalue weighted by Crippen LogP contribution is -1.81. The lowest BCUT2D eigenvalue weighted by molar-refractivity contribution is 0.468. The second-order valence-electron chi connectivity index (χ2n) is 2.03. The molecule has 0 aromatic heterocycles. The maximum atomic E-state index is 12.6. The van der Waals surface area contributed by atoms with Gasteiger partial charge >= 0.3 is 0 Å². The highest BCUT2D eigenvalue weighted by Crippen LogP contribution is 2.23. The number of phenols is 1. The van der Waals surface area contributed by atoms with Crippen molar-refractivity contribution in [3.63, 3.8) is 0 Å². The van der Waals surface area contributed by atoms with Gasteiger partial charge in [0.2, 0.25) is 0 Å². The van der Waals surface area contributed by atoms with Crippen molar-refractivity contribution in [2.24, 2.45) is 0 Å². The fourth-order valence-electron chi connectivity index (χ4n) is 0.632. The van der Waals surface area contributed by atoms with Crippen LogP contribution in [0.5, 0.6) is 5.75 Å². The van der Waals surface area contributed by atoms with Gasteiger partial charge in [0.15, 0.2) is 0 Å². The third kappa shape index (κ3) is 1.21. The van der Waals surface area contributed by atoms with Crippen molar-refractivity contribution in [1.29, 1.82) is 0 Å². The quantitative estimate of drug-likeness (QED) is 0.618. The third-order valence-corrected chi connectivity index (χ3v) is 1.66. The molecule has 1 aromatic carbocycles. The number of hydrogen-bond donors (Lipinski definition) is 1. The van der Waals surface area contributed by atoms with Crippen LogP contribution in [0.3, 0.4) is 0 Å². The highest BCUT2D eigenvalue weighted by molar-refractivity contribution is 6.31. The minimum atomic E-state index is -0.481. The van der Waals surface area contributed by atoms with Crippen LogP contribution in [-0.4, -0.2) is 5.11 Å². The molecule has 0 saturated heterocycles. The Kier molecular flexibility index (Phi) is 1.81. The summed E-state index contributed by atoms with van der Waals surface area (Å²) in [4.78, 5) is 0. The molecule has 0 heterocycles. The number of halogens is 2. The number of aromatic hydroxyl groups is 1. The monoisotopic (exact) mass is 160 g/mol. The Bertz CT molecular complexity index is 237. The first-order valence-corrected chi connectivity index (χ1v) is 3.13. The van der Waals surface area contributed by atoms with Gasteiger partial charge in [-0.25, -0.2) is 4.39 Å². The lowest BCUT2D eigenvalue weighted by Gasteiger charge is -1.98. The molecule has 3 heteroatoms. The normalized spacial score (nSPS) is 9.90. The van der Waals surface area contributed by atoms with Crippen LogP contribution in [0.15, 0.2) is 12.1 Å². The number of phenolic OH excluding ortho intramolecular Hbond substituents is 1.